The Morgan fingerprint density at radius 3 is 2.57 bits per heavy atom. The number of piperidine rings is 1. The Morgan fingerprint density at radius 1 is 1.13 bits per heavy atom. The molecule has 0 amide bonds. The van der Waals surface area contributed by atoms with Gasteiger partial charge in [-0.25, -0.2) is 4.39 Å². The monoisotopic (exact) mass is 312 g/mol. The first-order valence-electron chi connectivity index (χ1n) is 8.49. The van der Waals surface area contributed by atoms with Gasteiger partial charge in [0.25, 0.3) is 0 Å². The Kier molecular flexibility index (Phi) is 3.55. The second-order valence-corrected chi connectivity index (χ2v) is 7.04. The number of anilines is 1. The van der Waals surface area contributed by atoms with Gasteiger partial charge in [-0.3, -0.25) is 9.78 Å². The Balaban J connectivity index is 1.73. The van der Waals surface area contributed by atoms with E-state index in [1.54, 1.807) is 12.3 Å². The van der Waals surface area contributed by atoms with E-state index < -0.39 is 0 Å². The molecule has 0 unspecified atom stereocenters. The molecule has 2 heterocycles. The van der Waals surface area contributed by atoms with Crippen LogP contribution in [0.1, 0.15) is 48.9 Å². The molecule has 4 rings (SSSR count). The van der Waals surface area contributed by atoms with Gasteiger partial charge in [0.2, 0.25) is 0 Å². The van der Waals surface area contributed by atoms with Crippen molar-refractivity contribution in [2.45, 2.75) is 38.5 Å². The molecule has 1 saturated carbocycles. The minimum atomic E-state index is -0.284. The van der Waals surface area contributed by atoms with Crippen molar-refractivity contribution < 1.29 is 9.18 Å². The van der Waals surface area contributed by atoms with Crippen LogP contribution in [0, 0.1) is 11.2 Å². The van der Waals surface area contributed by atoms with E-state index in [4.69, 9.17) is 0 Å². The number of aromatic nitrogens is 1. The number of carbonyl (C=O) groups is 1. The third-order valence-electron chi connectivity index (χ3n) is 5.76. The Morgan fingerprint density at radius 2 is 1.87 bits per heavy atom. The van der Waals surface area contributed by atoms with Gasteiger partial charge in [-0.15, -0.1) is 0 Å². The predicted molar refractivity (Wildman–Crippen MR) is 89.4 cm³/mol. The molecule has 2 aromatic rings. The normalized spacial score (nSPS) is 20.3. The van der Waals surface area contributed by atoms with Gasteiger partial charge >= 0.3 is 0 Å². The number of rotatable bonds is 2. The molecule has 0 bridgehead atoms. The van der Waals surface area contributed by atoms with Gasteiger partial charge < -0.3 is 4.90 Å². The standard InChI is InChI=1S/C19H21FN2O/c20-15-3-4-17-16(11-15)18(14(13-23)12-21-17)22-9-7-19(8-10-22)5-1-2-6-19/h3-4,11-13H,1-2,5-10H2. The van der Waals surface area contributed by atoms with Crippen LogP contribution in [-0.4, -0.2) is 24.4 Å². The number of aldehydes is 1. The summed E-state index contributed by atoms with van der Waals surface area (Å²) in [6.45, 7) is 1.88. The first kappa shape index (κ1) is 14.6. The summed E-state index contributed by atoms with van der Waals surface area (Å²) >= 11 is 0. The Bertz CT molecular complexity index is 742. The smallest absolute Gasteiger partial charge is 0.153 e. The molecule has 2 fully saturated rings. The molecule has 120 valence electrons. The summed E-state index contributed by atoms with van der Waals surface area (Å²) < 4.78 is 13.7. The van der Waals surface area contributed by atoms with Crippen LogP contribution in [0.5, 0.6) is 0 Å². The maximum Gasteiger partial charge on any atom is 0.153 e. The zero-order valence-corrected chi connectivity index (χ0v) is 13.2. The van der Waals surface area contributed by atoms with Crippen molar-refractivity contribution >= 4 is 22.9 Å². The lowest BCUT2D eigenvalue weighted by Crippen LogP contribution is -2.39. The summed E-state index contributed by atoms with van der Waals surface area (Å²) in [4.78, 5) is 18.0. The van der Waals surface area contributed by atoms with E-state index >= 15 is 0 Å². The topological polar surface area (TPSA) is 33.2 Å². The molecule has 23 heavy (non-hydrogen) atoms. The second-order valence-electron chi connectivity index (χ2n) is 7.04. The van der Waals surface area contributed by atoms with Crippen molar-refractivity contribution in [3.05, 3.63) is 35.8 Å². The minimum Gasteiger partial charge on any atom is -0.370 e. The maximum absolute atomic E-state index is 13.7. The fraction of sp³-hybridized carbons (Fsp3) is 0.474. The Labute approximate surface area is 135 Å². The zero-order valence-electron chi connectivity index (χ0n) is 13.2. The fourth-order valence-corrected chi connectivity index (χ4v) is 4.44. The SMILES string of the molecule is O=Cc1cnc2ccc(F)cc2c1N1CCC2(CCCC2)CC1. The highest BCUT2D eigenvalue weighted by Crippen LogP contribution is 2.47. The first-order valence-corrected chi connectivity index (χ1v) is 8.49. The predicted octanol–water partition coefficient (Wildman–Crippen LogP) is 4.35. The molecule has 1 aromatic heterocycles. The highest BCUT2D eigenvalue weighted by Gasteiger charge is 2.37. The average molecular weight is 312 g/mol. The van der Waals surface area contributed by atoms with Crippen molar-refractivity contribution in [1.29, 1.82) is 0 Å². The van der Waals surface area contributed by atoms with Crippen molar-refractivity contribution in [3.63, 3.8) is 0 Å². The quantitative estimate of drug-likeness (QED) is 0.773. The van der Waals surface area contributed by atoms with Crippen LogP contribution in [0.2, 0.25) is 0 Å². The minimum absolute atomic E-state index is 0.284. The third-order valence-corrected chi connectivity index (χ3v) is 5.76. The molecule has 1 aromatic carbocycles. The number of nitrogens with zero attached hydrogens (tertiary/aromatic N) is 2. The second kappa shape index (κ2) is 5.59. The third kappa shape index (κ3) is 2.50. The lowest BCUT2D eigenvalue weighted by molar-refractivity contribution is 0.112. The van der Waals surface area contributed by atoms with E-state index in [1.165, 1.54) is 50.7 Å². The summed E-state index contributed by atoms with van der Waals surface area (Å²) in [5.41, 5.74) is 2.68. The van der Waals surface area contributed by atoms with E-state index in [2.05, 4.69) is 9.88 Å². The van der Waals surface area contributed by atoms with Crippen LogP contribution < -0.4 is 4.90 Å². The lowest BCUT2D eigenvalue weighted by Gasteiger charge is -2.41. The fourth-order valence-electron chi connectivity index (χ4n) is 4.44. The number of fused-ring (bicyclic) bond motifs is 1. The van der Waals surface area contributed by atoms with E-state index in [0.29, 0.717) is 11.0 Å². The highest BCUT2D eigenvalue weighted by atomic mass is 19.1. The number of halogens is 1. The molecule has 1 saturated heterocycles. The molecule has 3 nitrogen and oxygen atoms in total. The van der Waals surface area contributed by atoms with Crippen LogP contribution in [0.15, 0.2) is 24.4 Å². The number of benzene rings is 1. The van der Waals surface area contributed by atoms with Gasteiger partial charge in [0.15, 0.2) is 6.29 Å². The van der Waals surface area contributed by atoms with Crippen LogP contribution in [0.4, 0.5) is 10.1 Å². The van der Waals surface area contributed by atoms with Gasteiger partial charge in [-0.05, 0) is 49.3 Å². The summed E-state index contributed by atoms with van der Waals surface area (Å²) in [6, 6.07) is 4.61. The largest absolute Gasteiger partial charge is 0.370 e. The highest BCUT2D eigenvalue weighted by molar-refractivity contribution is 6.00. The van der Waals surface area contributed by atoms with Crippen LogP contribution in [0.25, 0.3) is 10.9 Å². The molecule has 0 atom stereocenters. The zero-order chi connectivity index (χ0) is 15.9. The summed E-state index contributed by atoms with van der Waals surface area (Å²) in [6.07, 6.45) is 10.2. The van der Waals surface area contributed by atoms with E-state index in [1.807, 2.05) is 0 Å². The maximum atomic E-state index is 13.7. The number of pyridine rings is 1. The van der Waals surface area contributed by atoms with Gasteiger partial charge in [-0.2, -0.15) is 0 Å². The Hall–Kier alpha value is -1.97. The number of hydrogen-bond acceptors (Lipinski definition) is 3. The molecule has 2 aliphatic rings. The molecule has 1 aliphatic carbocycles. The van der Waals surface area contributed by atoms with E-state index in [9.17, 15) is 9.18 Å². The van der Waals surface area contributed by atoms with Crippen LogP contribution in [-0.2, 0) is 0 Å². The molecule has 0 N–H and O–H groups in total. The summed E-state index contributed by atoms with van der Waals surface area (Å²) in [5.74, 6) is -0.284. The van der Waals surface area contributed by atoms with Crippen LogP contribution in [0.3, 0.4) is 0 Å². The summed E-state index contributed by atoms with van der Waals surface area (Å²) in [5, 5.41) is 0.747. The van der Waals surface area contributed by atoms with Crippen molar-refractivity contribution in [2.24, 2.45) is 5.41 Å². The van der Waals surface area contributed by atoms with Gasteiger partial charge in [-0.1, -0.05) is 12.8 Å². The van der Waals surface area contributed by atoms with Gasteiger partial charge in [0.1, 0.15) is 5.82 Å². The van der Waals surface area contributed by atoms with Gasteiger partial charge in [0, 0.05) is 24.7 Å². The van der Waals surface area contributed by atoms with E-state index in [-0.39, 0.29) is 5.82 Å². The van der Waals surface area contributed by atoms with Crippen molar-refractivity contribution in [3.8, 4) is 0 Å². The number of hydrogen-bond donors (Lipinski definition) is 0. The number of carbonyl (C=O) groups excluding carboxylic acids is 1. The van der Waals surface area contributed by atoms with Crippen molar-refractivity contribution in [1.82, 2.24) is 4.98 Å². The molecule has 1 aliphatic heterocycles. The lowest BCUT2D eigenvalue weighted by atomic mass is 9.77. The van der Waals surface area contributed by atoms with E-state index in [0.717, 1.165) is 36.0 Å². The molecule has 1 spiro atoms. The molecule has 4 heteroatoms. The summed E-state index contributed by atoms with van der Waals surface area (Å²) in [7, 11) is 0. The average Bonchev–Trinajstić information content (AvgIpc) is 3.03. The first-order chi connectivity index (χ1) is 11.2. The molecular formula is C19H21FN2O. The molecule has 0 radical (unpaired) electrons. The van der Waals surface area contributed by atoms with Crippen LogP contribution >= 0.6 is 0 Å². The molecular weight excluding hydrogens is 291 g/mol. The van der Waals surface area contributed by atoms with Gasteiger partial charge in [0.05, 0.1) is 16.8 Å². The van der Waals surface area contributed by atoms with Crippen molar-refractivity contribution in [2.75, 3.05) is 18.0 Å².